The van der Waals surface area contributed by atoms with Gasteiger partial charge >= 0.3 is 11.9 Å². The summed E-state index contributed by atoms with van der Waals surface area (Å²) < 4.78 is 10.4. The first-order valence-electron chi connectivity index (χ1n) is 9.42. The lowest BCUT2D eigenvalue weighted by atomic mass is 9.59. The van der Waals surface area contributed by atoms with Crippen LogP contribution in [0.4, 0.5) is 0 Å². The van der Waals surface area contributed by atoms with Gasteiger partial charge in [-0.2, -0.15) is 0 Å². The monoisotopic (exact) mass is 366 g/mol. The molecule has 0 amide bonds. The number of hydrogen-bond acceptors (Lipinski definition) is 4. The van der Waals surface area contributed by atoms with E-state index in [1.165, 1.54) is 14.2 Å². The van der Waals surface area contributed by atoms with Crippen molar-refractivity contribution in [1.29, 1.82) is 0 Å². The van der Waals surface area contributed by atoms with Gasteiger partial charge in [-0.25, -0.2) is 0 Å². The number of fused-ring (bicyclic) bond motifs is 3. The third-order valence-electron chi connectivity index (χ3n) is 5.92. The molecule has 0 saturated carbocycles. The minimum Gasteiger partial charge on any atom is -0.469 e. The largest absolute Gasteiger partial charge is 0.469 e. The van der Waals surface area contributed by atoms with Crippen molar-refractivity contribution in [3.8, 4) is 11.1 Å². The zero-order valence-corrected chi connectivity index (χ0v) is 16.3. The van der Waals surface area contributed by atoms with E-state index in [1.807, 2.05) is 50.2 Å². The topological polar surface area (TPSA) is 52.6 Å². The third kappa shape index (κ3) is 2.66. The van der Waals surface area contributed by atoms with E-state index in [0.29, 0.717) is 12.8 Å². The summed E-state index contributed by atoms with van der Waals surface area (Å²) in [4.78, 5) is 25.8. The van der Waals surface area contributed by atoms with Gasteiger partial charge in [0.25, 0.3) is 0 Å². The first-order chi connectivity index (χ1) is 13.1. The first kappa shape index (κ1) is 19.2. The second kappa shape index (κ2) is 7.55. The van der Waals surface area contributed by atoms with Crippen LogP contribution in [0.15, 0.2) is 48.5 Å². The molecule has 0 bridgehead atoms. The summed E-state index contributed by atoms with van der Waals surface area (Å²) in [5.41, 5.74) is 3.33. The Morgan fingerprint density at radius 2 is 1.15 bits per heavy atom. The summed E-state index contributed by atoms with van der Waals surface area (Å²) in [5, 5.41) is 0. The molecule has 2 unspecified atom stereocenters. The molecule has 2 aromatic rings. The predicted molar refractivity (Wildman–Crippen MR) is 104 cm³/mol. The van der Waals surface area contributed by atoms with Crippen LogP contribution in [0, 0.1) is 11.8 Å². The van der Waals surface area contributed by atoms with E-state index in [0.717, 1.165) is 22.3 Å². The summed E-state index contributed by atoms with van der Waals surface area (Å²) in [6, 6.07) is 16.1. The molecule has 0 spiro atoms. The van der Waals surface area contributed by atoms with Crippen molar-refractivity contribution >= 4 is 11.9 Å². The lowest BCUT2D eigenvalue weighted by molar-refractivity contribution is -0.154. The molecule has 27 heavy (non-hydrogen) atoms. The second-order valence-corrected chi connectivity index (χ2v) is 6.93. The fourth-order valence-electron chi connectivity index (χ4n) is 4.93. The van der Waals surface area contributed by atoms with Gasteiger partial charge in [-0.05, 0) is 35.1 Å². The highest BCUT2D eigenvalue weighted by atomic mass is 16.5. The Bertz CT molecular complexity index is 783. The van der Waals surface area contributed by atoms with E-state index < -0.39 is 17.3 Å². The lowest BCUT2D eigenvalue weighted by Crippen LogP contribution is -2.49. The van der Waals surface area contributed by atoms with E-state index in [-0.39, 0.29) is 11.9 Å². The molecule has 2 atom stereocenters. The van der Waals surface area contributed by atoms with Gasteiger partial charge in [-0.1, -0.05) is 62.4 Å². The fourth-order valence-corrected chi connectivity index (χ4v) is 4.93. The average molecular weight is 366 g/mol. The molecule has 1 aliphatic rings. The van der Waals surface area contributed by atoms with Crippen LogP contribution in [0.5, 0.6) is 0 Å². The average Bonchev–Trinajstić information content (AvgIpc) is 3.00. The van der Waals surface area contributed by atoms with Gasteiger partial charge in [0.2, 0.25) is 0 Å². The summed E-state index contributed by atoms with van der Waals surface area (Å²) >= 11 is 0. The maximum absolute atomic E-state index is 12.9. The van der Waals surface area contributed by atoms with E-state index in [4.69, 9.17) is 9.47 Å². The van der Waals surface area contributed by atoms with Crippen LogP contribution >= 0.6 is 0 Å². The molecule has 0 saturated heterocycles. The number of carbonyl (C=O) groups excluding carboxylic acids is 2. The maximum atomic E-state index is 12.9. The summed E-state index contributed by atoms with van der Waals surface area (Å²) in [6.07, 6.45) is 1.12. The van der Waals surface area contributed by atoms with E-state index in [9.17, 15) is 9.59 Å². The molecule has 1 aliphatic carbocycles. The number of esters is 2. The van der Waals surface area contributed by atoms with Gasteiger partial charge in [-0.3, -0.25) is 9.59 Å². The van der Waals surface area contributed by atoms with Crippen molar-refractivity contribution in [2.24, 2.45) is 11.8 Å². The highest BCUT2D eigenvalue weighted by Crippen LogP contribution is 2.58. The van der Waals surface area contributed by atoms with Gasteiger partial charge in [-0.15, -0.1) is 0 Å². The standard InChI is InChI=1S/C23H26O4/c1-5-17(21(24)26-3)23(18(6-2)22(25)27-4)19-13-9-7-11-15(19)16-12-8-10-14-20(16)23/h7-14,17-18H,5-6H2,1-4H3. The van der Waals surface area contributed by atoms with Crippen molar-refractivity contribution in [3.63, 3.8) is 0 Å². The van der Waals surface area contributed by atoms with Crippen LogP contribution in [-0.4, -0.2) is 26.2 Å². The molecular weight excluding hydrogens is 340 g/mol. The quantitative estimate of drug-likeness (QED) is 0.713. The van der Waals surface area contributed by atoms with E-state index in [2.05, 4.69) is 12.1 Å². The van der Waals surface area contributed by atoms with E-state index in [1.54, 1.807) is 0 Å². The Balaban J connectivity index is 2.44. The molecule has 0 aromatic heterocycles. The molecule has 4 heteroatoms. The minimum absolute atomic E-state index is 0.300. The van der Waals surface area contributed by atoms with Gasteiger partial charge in [0, 0.05) is 5.41 Å². The Morgan fingerprint density at radius 3 is 1.48 bits per heavy atom. The van der Waals surface area contributed by atoms with Crippen molar-refractivity contribution in [3.05, 3.63) is 59.7 Å². The van der Waals surface area contributed by atoms with Gasteiger partial charge < -0.3 is 9.47 Å². The van der Waals surface area contributed by atoms with Crippen molar-refractivity contribution in [1.82, 2.24) is 0 Å². The molecule has 0 heterocycles. The Labute approximate surface area is 160 Å². The molecule has 3 rings (SSSR count). The normalized spacial score (nSPS) is 16.0. The summed E-state index contributed by atoms with van der Waals surface area (Å²) in [5.74, 6) is -1.58. The molecule has 4 nitrogen and oxygen atoms in total. The Morgan fingerprint density at radius 1 is 0.778 bits per heavy atom. The number of carbonyl (C=O) groups is 2. The van der Waals surface area contributed by atoms with Crippen LogP contribution in [0.1, 0.15) is 37.8 Å². The van der Waals surface area contributed by atoms with Gasteiger partial charge in [0.1, 0.15) is 0 Å². The third-order valence-corrected chi connectivity index (χ3v) is 5.92. The number of benzene rings is 2. The van der Waals surface area contributed by atoms with Crippen LogP contribution in [0.3, 0.4) is 0 Å². The first-order valence-corrected chi connectivity index (χ1v) is 9.42. The highest BCUT2D eigenvalue weighted by Gasteiger charge is 2.57. The molecule has 0 N–H and O–H groups in total. The highest BCUT2D eigenvalue weighted by molar-refractivity contribution is 5.90. The van der Waals surface area contributed by atoms with Crippen LogP contribution in [0.2, 0.25) is 0 Å². The van der Waals surface area contributed by atoms with Gasteiger partial charge in [0.15, 0.2) is 0 Å². The molecular formula is C23H26O4. The van der Waals surface area contributed by atoms with Crippen molar-refractivity contribution < 1.29 is 19.1 Å². The molecule has 0 aliphatic heterocycles. The number of rotatable bonds is 6. The molecule has 142 valence electrons. The summed E-state index contributed by atoms with van der Waals surface area (Å²) in [7, 11) is 2.81. The SMILES string of the molecule is CCC(C(=O)OC)C1(C(CC)C(=O)OC)c2ccccc2-c2ccccc21. The van der Waals surface area contributed by atoms with Crippen molar-refractivity contribution in [2.45, 2.75) is 32.1 Å². The van der Waals surface area contributed by atoms with Crippen molar-refractivity contribution in [2.75, 3.05) is 14.2 Å². The summed E-state index contributed by atoms with van der Waals surface area (Å²) in [6.45, 7) is 3.94. The Kier molecular flexibility index (Phi) is 5.36. The zero-order chi connectivity index (χ0) is 19.6. The number of ether oxygens (including phenoxy) is 2. The second-order valence-electron chi connectivity index (χ2n) is 6.93. The predicted octanol–water partition coefficient (Wildman–Crippen LogP) is 4.35. The zero-order valence-electron chi connectivity index (χ0n) is 16.3. The van der Waals surface area contributed by atoms with Crippen LogP contribution in [-0.2, 0) is 24.5 Å². The minimum atomic E-state index is -0.809. The maximum Gasteiger partial charge on any atom is 0.309 e. The number of methoxy groups -OCH3 is 2. The van der Waals surface area contributed by atoms with Crippen LogP contribution in [0.25, 0.3) is 11.1 Å². The lowest BCUT2D eigenvalue weighted by Gasteiger charge is -2.42. The van der Waals surface area contributed by atoms with Gasteiger partial charge in [0.05, 0.1) is 26.1 Å². The molecule has 0 radical (unpaired) electrons. The molecule has 2 aromatic carbocycles. The molecule has 0 fully saturated rings. The smallest absolute Gasteiger partial charge is 0.309 e. The fraction of sp³-hybridized carbons (Fsp3) is 0.391. The van der Waals surface area contributed by atoms with Crippen LogP contribution < -0.4 is 0 Å². The Hall–Kier alpha value is -2.62. The number of hydrogen-bond donors (Lipinski definition) is 0. The van der Waals surface area contributed by atoms with E-state index >= 15 is 0 Å².